The maximum atomic E-state index is 13.7. The molecule has 1 aromatic carbocycles. The van der Waals surface area contributed by atoms with Crippen LogP contribution in [-0.4, -0.2) is 40.2 Å². The van der Waals surface area contributed by atoms with E-state index < -0.39 is 5.82 Å². The van der Waals surface area contributed by atoms with Gasteiger partial charge in [-0.2, -0.15) is 15.0 Å². The fourth-order valence-electron chi connectivity index (χ4n) is 2.34. The molecule has 4 N–H and O–H groups in total. The van der Waals surface area contributed by atoms with Crippen molar-refractivity contribution in [1.29, 1.82) is 0 Å². The van der Waals surface area contributed by atoms with Crippen LogP contribution >= 0.6 is 0 Å². The lowest BCUT2D eigenvalue weighted by Crippen LogP contribution is -2.27. The van der Waals surface area contributed by atoms with Crippen molar-refractivity contribution >= 4 is 23.5 Å². The van der Waals surface area contributed by atoms with Crippen molar-refractivity contribution in [2.45, 2.75) is 12.8 Å². The normalized spacial score (nSPS) is 14.7. The van der Waals surface area contributed by atoms with Gasteiger partial charge in [-0.1, -0.05) is 0 Å². The molecule has 1 aliphatic heterocycles. The quantitative estimate of drug-likeness (QED) is 0.766. The number of methoxy groups -OCH3 is 1. The summed E-state index contributed by atoms with van der Waals surface area (Å²) < 4.78 is 18.6. The Hall–Kier alpha value is -2.68. The molecule has 0 atom stereocenters. The number of ether oxygens (including phenoxy) is 1. The molecule has 1 fully saturated rings. The molecule has 1 aromatic heterocycles. The number of rotatable bonds is 5. The molecule has 0 aliphatic carbocycles. The molecule has 0 unspecified atom stereocenters. The number of halogens is 1. The lowest BCUT2D eigenvalue weighted by atomic mass is 10.3. The largest absolute Gasteiger partial charge is 0.494 e. The fourth-order valence-corrected chi connectivity index (χ4v) is 2.34. The third-order valence-corrected chi connectivity index (χ3v) is 3.42. The van der Waals surface area contributed by atoms with E-state index in [4.69, 9.17) is 10.5 Å². The highest BCUT2D eigenvalue weighted by atomic mass is 19.1. The number of benzene rings is 1. The van der Waals surface area contributed by atoms with Crippen LogP contribution in [0.2, 0.25) is 0 Å². The predicted octanol–water partition coefficient (Wildman–Crippen LogP) is 1.77. The van der Waals surface area contributed by atoms with E-state index in [0.29, 0.717) is 11.6 Å². The zero-order chi connectivity index (χ0) is 16.2. The number of nitrogens with two attached hydrogens (primary N) is 1. The number of nitrogen functional groups attached to an aromatic ring is 1. The highest BCUT2D eigenvalue weighted by molar-refractivity contribution is 5.56. The van der Waals surface area contributed by atoms with E-state index in [1.54, 1.807) is 6.07 Å². The van der Waals surface area contributed by atoms with Gasteiger partial charge in [-0.25, -0.2) is 9.40 Å². The molecule has 8 nitrogen and oxygen atoms in total. The van der Waals surface area contributed by atoms with E-state index in [0.717, 1.165) is 25.9 Å². The Balaban J connectivity index is 1.76. The van der Waals surface area contributed by atoms with E-state index in [2.05, 4.69) is 25.7 Å². The van der Waals surface area contributed by atoms with E-state index in [-0.39, 0.29) is 17.6 Å². The van der Waals surface area contributed by atoms with Gasteiger partial charge in [0.25, 0.3) is 0 Å². The maximum Gasteiger partial charge on any atom is 0.244 e. The number of aromatic nitrogens is 3. The van der Waals surface area contributed by atoms with Gasteiger partial charge in [0.15, 0.2) is 11.6 Å². The first-order chi connectivity index (χ1) is 11.1. The van der Waals surface area contributed by atoms with E-state index >= 15 is 0 Å². The van der Waals surface area contributed by atoms with Gasteiger partial charge >= 0.3 is 0 Å². The summed E-state index contributed by atoms with van der Waals surface area (Å²) in [6.45, 7) is 1.86. The summed E-state index contributed by atoms with van der Waals surface area (Å²) in [5.74, 6) is 0.370. The molecule has 0 radical (unpaired) electrons. The molecule has 1 aliphatic rings. The smallest absolute Gasteiger partial charge is 0.244 e. The topological polar surface area (TPSA) is 101 Å². The molecule has 2 heterocycles. The highest BCUT2D eigenvalue weighted by Crippen LogP contribution is 2.23. The fraction of sp³-hybridized carbons (Fsp3) is 0.357. The van der Waals surface area contributed by atoms with Crippen LogP contribution in [0.25, 0.3) is 0 Å². The van der Waals surface area contributed by atoms with Crippen molar-refractivity contribution in [1.82, 2.24) is 20.0 Å². The average Bonchev–Trinajstić information content (AvgIpc) is 2.99. The van der Waals surface area contributed by atoms with Crippen LogP contribution in [0.3, 0.4) is 0 Å². The zero-order valence-electron chi connectivity index (χ0n) is 12.7. The average molecular weight is 319 g/mol. The van der Waals surface area contributed by atoms with Gasteiger partial charge in [-0.05, 0) is 25.0 Å². The monoisotopic (exact) mass is 319 g/mol. The molecular weight excluding hydrogens is 301 g/mol. The van der Waals surface area contributed by atoms with Gasteiger partial charge in [0.05, 0.1) is 7.11 Å². The van der Waals surface area contributed by atoms with Crippen LogP contribution in [0.4, 0.5) is 27.9 Å². The second-order valence-electron chi connectivity index (χ2n) is 5.12. The maximum absolute atomic E-state index is 13.7. The molecule has 23 heavy (non-hydrogen) atoms. The number of nitrogens with zero attached hydrogens (tertiary/aromatic N) is 4. The molecule has 0 bridgehead atoms. The third kappa shape index (κ3) is 3.75. The van der Waals surface area contributed by atoms with Crippen molar-refractivity contribution in [2.75, 3.05) is 36.7 Å². The van der Waals surface area contributed by atoms with E-state index in [1.165, 1.54) is 19.2 Å². The molecule has 122 valence electrons. The van der Waals surface area contributed by atoms with Crippen LogP contribution in [0, 0.1) is 5.82 Å². The minimum absolute atomic E-state index is 0.0816. The first kappa shape index (κ1) is 15.2. The van der Waals surface area contributed by atoms with Gasteiger partial charge in [0.2, 0.25) is 17.8 Å². The Bertz CT molecular complexity index is 691. The molecule has 0 spiro atoms. The summed E-state index contributed by atoms with van der Waals surface area (Å²) >= 11 is 0. The van der Waals surface area contributed by atoms with Crippen LogP contribution in [0.15, 0.2) is 18.2 Å². The van der Waals surface area contributed by atoms with Crippen molar-refractivity contribution < 1.29 is 9.13 Å². The lowest BCUT2D eigenvalue weighted by molar-refractivity contribution is 0.386. The molecule has 0 amide bonds. The minimum atomic E-state index is -0.477. The highest BCUT2D eigenvalue weighted by Gasteiger charge is 2.14. The van der Waals surface area contributed by atoms with Gasteiger partial charge in [-0.3, -0.25) is 5.43 Å². The summed E-state index contributed by atoms with van der Waals surface area (Å²) in [6.07, 6.45) is 2.26. The zero-order valence-corrected chi connectivity index (χ0v) is 12.7. The van der Waals surface area contributed by atoms with Crippen LogP contribution in [0.5, 0.6) is 5.75 Å². The molecule has 0 saturated carbocycles. The van der Waals surface area contributed by atoms with Gasteiger partial charge in [0.1, 0.15) is 0 Å². The van der Waals surface area contributed by atoms with Crippen molar-refractivity contribution in [3.8, 4) is 5.75 Å². The Morgan fingerprint density at radius 2 is 1.91 bits per heavy atom. The number of nitrogens with one attached hydrogen (secondary N) is 2. The summed E-state index contributed by atoms with van der Waals surface area (Å²) in [5, 5.41) is 4.93. The first-order valence-electron chi connectivity index (χ1n) is 7.28. The predicted molar refractivity (Wildman–Crippen MR) is 84.9 cm³/mol. The van der Waals surface area contributed by atoms with Gasteiger partial charge in [0, 0.05) is 24.8 Å². The van der Waals surface area contributed by atoms with Crippen LogP contribution in [0.1, 0.15) is 12.8 Å². The first-order valence-corrected chi connectivity index (χ1v) is 7.28. The van der Waals surface area contributed by atoms with Crippen molar-refractivity contribution in [3.05, 3.63) is 24.0 Å². The molecule has 9 heteroatoms. The Morgan fingerprint density at radius 3 is 2.61 bits per heavy atom. The summed E-state index contributed by atoms with van der Waals surface area (Å²) in [4.78, 5) is 12.3. The van der Waals surface area contributed by atoms with Crippen LogP contribution in [-0.2, 0) is 0 Å². The van der Waals surface area contributed by atoms with Crippen LogP contribution < -0.4 is 21.2 Å². The molecular formula is C14H18FN7O. The second-order valence-corrected chi connectivity index (χ2v) is 5.12. The van der Waals surface area contributed by atoms with Gasteiger partial charge < -0.3 is 15.8 Å². The summed E-state index contributed by atoms with van der Waals surface area (Å²) in [7, 11) is 1.41. The molecule has 2 aromatic rings. The Morgan fingerprint density at radius 1 is 1.17 bits per heavy atom. The number of hydrazine groups is 1. The van der Waals surface area contributed by atoms with E-state index in [9.17, 15) is 4.39 Å². The number of hydrogen-bond acceptors (Lipinski definition) is 8. The number of hydrogen-bond donors (Lipinski definition) is 3. The Labute approximate surface area is 132 Å². The summed E-state index contributed by atoms with van der Waals surface area (Å²) in [6, 6.07) is 4.48. The SMILES string of the molecule is COc1ccc(Nc2nc(N)nc(NN3CCCC3)n2)cc1F. The number of anilines is 4. The Kier molecular flexibility index (Phi) is 4.38. The summed E-state index contributed by atoms with van der Waals surface area (Å²) in [5.41, 5.74) is 9.29. The van der Waals surface area contributed by atoms with Crippen molar-refractivity contribution in [3.63, 3.8) is 0 Å². The second kappa shape index (κ2) is 6.61. The lowest BCUT2D eigenvalue weighted by Gasteiger charge is -2.16. The van der Waals surface area contributed by atoms with E-state index in [1.807, 2.05) is 5.01 Å². The molecule has 1 saturated heterocycles. The molecule has 3 rings (SSSR count). The standard InChI is InChI=1S/C14H18FN7O/c1-23-11-5-4-9(8-10(11)15)17-13-18-12(16)19-14(20-13)21-22-6-2-3-7-22/h4-5,8H,2-3,6-7H2,1H3,(H4,16,17,18,19,20,21). The van der Waals surface area contributed by atoms with Crippen molar-refractivity contribution in [2.24, 2.45) is 0 Å². The minimum Gasteiger partial charge on any atom is -0.494 e. The van der Waals surface area contributed by atoms with Gasteiger partial charge in [-0.15, -0.1) is 0 Å². The third-order valence-electron chi connectivity index (χ3n) is 3.42.